The second-order valence-electron chi connectivity index (χ2n) is 3.44. The Morgan fingerprint density at radius 1 is 1.50 bits per heavy atom. The SMILES string of the molecule is COc1ccc2c(c1)[C@@](C)(O)C(=O)N2. The number of rotatable bonds is 1. The molecule has 1 atom stereocenters. The molecular formula is C10H11NO3. The molecule has 1 aliphatic rings. The molecule has 2 N–H and O–H groups in total. The Morgan fingerprint density at radius 2 is 2.21 bits per heavy atom. The van der Waals surface area contributed by atoms with Crippen LogP contribution in [0.5, 0.6) is 5.75 Å². The van der Waals surface area contributed by atoms with Crippen LogP contribution >= 0.6 is 0 Å². The molecule has 0 saturated carbocycles. The number of ether oxygens (including phenoxy) is 1. The van der Waals surface area contributed by atoms with Crippen molar-refractivity contribution in [1.82, 2.24) is 0 Å². The Balaban J connectivity index is 2.56. The number of hydrogen-bond donors (Lipinski definition) is 2. The molecule has 1 aromatic rings. The Kier molecular flexibility index (Phi) is 1.75. The molecule has 1 aliphatic heterocycles. The lowest BCUT2D eigenvalue weighted by molar-refractivity contribution is -0.131. The van der Waals surface area contributed by atoms with Crippen molar-refractivity contribution in [3.63, 3.8) is 0 Å². The summed E-state index contributed by atoms with van der Waals surface area (Å²) in [6.07, 6.45) is 0. The summed E-state index contributed by atoms with van der Waals surface area (Å²) in [5.41, 5.74) is -0.258. The van der Waals surface area contributed by atoms with Gasteiger partial charge in [0.1, 0.15) is 5.75 Å². The third-order valence-electron chi connectivity index (χ3n) is 2.44. The van der Waals surface area contributed by atoms with Crippen LogP contribution in [0.2, 0.25) is 0 Å². The number of aliphatic hydroxyl groups is 1. The molecule has 1 heterocycles. The third-order valence-corrected chi connectivity index (χ3v) is 2.44. The molecule has 0 radical (unpaired) electrons. The van der Waals surface area contributed by atoms with Gasteiger partial charge in [0.05, 0.1) is 7.11 Å². The van der Waals surface area contributed by atoms with Gasteiger partial charge in [0, 0.05) is 11.3 Å². The molecule has 0 fully saturated rings. The van der Waals surface area contributed by atoms with Gasteiger partial charge in [0.15, 0.2) is 5.60 Å². The highest BCUT2D eigenvalue weighted by atomic mass is 16.5. The quantitative estimate of drug-likeness (QED) is 0.695. The molecule has 0 saturated heterocycles. The molecule has 4 nitrogen and oxygen atoms in total. The van der Waals surface area contributed by atoms with Crippen molar-refractivity contribution in [3.8, 4) is 5.75 Å². The molecule has 0 unspecified atom stereocenters. The molecule has 14 heavy (non-hydrogen) atoms. The molecule has 0 bridgehead atoms. The van der Waals surface area contributed by atoms with Crippen LogP contribution in [0.25, 0.3) is 0 Å². The first-order valence-corrected chi connectivity index (χ1v) is 4.28. The molecule has 0 aliphatic carbocycles. The van der Waals surface area contributed by atoms with Crippen LogP contribution in [-0.2, 0) is 10.4 Å². The maximum Gasteiger partial charge on any atom is 0.260 e. The van der Waals surface area contributed by atoms with Gasteiger partial charge in [-0.3, -0.25) is 4.79 Å². The van der Waals surface area contributed by atoms with Crippen molar-refractivity contribution in [2.24, 2.45) is 0 Å². The summed E-state index contributed by atoms with van der Waals surface area (Å²) in [5.74, 6) is 0.223. The summed E-state index contributed by atoms with van der Waals surface area (Å²) in [6.45, 7) is 1.47. The van der Waals surface area contributed by atoms with Crippen molar-refractivity contribution in [1.29, 1.82) is 0 Å². The average molecular weight is 193 g/mol. The molecule has 0 aromatic heterocycles. The third kappa shape index (κ3) is 1.08. The van der Waals surface area contributed by atoms with E-state index in [9.17, 15) is 9.90 Å². The van der Waals surface area contributed by atoms with Crippen LogP contribution in [0.3, 0.4) is 0 Å². The largest absolute Gasteiger partial charge is 0.497 e. The minimum absolute atomic E-state index is 0.402. The van der Waals surface area contributed by atoms with E-state index in [1.165, 1.54) is 6.92 Å². The maximum absolute atomic E-state index is 11.4. The number of benzene rings is 1. The van der Waals surface area contributed by atoms with E-state index in [-0.39, 0.29) is 0 Å². The number of anilines is 1. The monoisotopic (exact) mass is 193 g/mol. The Hall–Kier alpha value is -1.55. The van der Waals surface area contributed by atoms with Crippen molar-refractivity contribution in [2.45, 2.75) is 12.5 Å². The highest BCUT2D eigenvalue weighted by molar-refractivity contribution is 6.04. The predicted octanol–water partition coefficient (Wildman–Crippen LogP) is 0.855. The molecular weight excluding hydrogens is 182 g/mol. The van der Waals surface area contributed by atoms with Crippen molar-refractivity contribution in [2.75, 3.05) is 12.4 Å². The number of carbonyl (C=O) groups excluding carboxylic acids is 1. The first kappa shape index (κ1) is 9.02. The van der Waals surface area contributed by atoms with Crippen LogP contribution in [0, 0.1) is 0 Å². The van der Waals surface area contributed by atoms with Gasteiger partial charge < -0.3 is 15.2 Å². The van der Waals surface area contributed by atoms with Gasteiger partial charge in [-0.25, -0.2) is 0 Å². The van der Waals surface area contributed by atoms with Gasteiger partial charge in [-0.15, -0.1) is 0 Å². The van der Waals surface area contributed by atoms with E-state index in [0.29, 0.717) is 17.0 Å². The second kappa shape index (κ2) is 2.72. The zero-order valence-electron chi connectivity index (χ0n) is 8.00. The molecule has 1 aromatic carbocycles. The topological polar surface area (TPSA) is 58.6 Å². The van der Waals surface area contributed by atoms with E-state index in [0.717, 1.165) is 0 Å². The Bertz CT molecular complexity index is 398. The van der Waals surface area contributed by atoms with Crippen LogP contribution in [0.15, 0.2) is 18.2 Å². The van der Waals surface area contributed by atoms with Gasteiger partial charge in [-0.05, 0) is 25.1 Å². The summed E-state index contributed by atoms with van der Waals surface area (Å²) >= 11 is 0. The molecule has 74 valence electrons. The lowest BCUT2D eigenvalue weighted by Crippen LogP contribution is -2.30. The van der Waals surface area contributed by atoms with Gasteiger partial charge in [0.2, 0.25) is 0 Å². The predicted molar refractivity (Wildman–Crippen MR) is 51.2 cm³/mol. The van der Waals surface area contributed by atoms with Crippen LogP contribution in [-0.4, -0.2) is 18.1 Å². The highest BCUT2D eigenvalue weighted by Gasteiger charge is 2.40. The van der Waals surface area contributed by atoms with Gasteiger partial charge in [-0.2, -0.15) is 0 Å². The van der Waals surface area contributed by atoms with E-state index in [4.69, 9.17) is 4.74 Å². The van der Waals surface area contributed by atoms with E-state index in [1.54, 1.807) is 25.3 Å². The van der Waals surface area contributed by atoms with Gasteiger partial charge in [-0.1, -0.05) is 0 Å². The molecule has 1 amide bonds. The van der Waals surface area contributed by atoms with E-state index < -0.39 is 11.5 Å². The zero-order valence-corrected chi connectivity index (χ0v) is 8.00. The fourth-order valence-corrected chi connectivity index (χ4v) is 1.53. The van der Waals surface area contributed by atoms with E-state index in [2.05, 4.69) is 5.32 Å². The Morgan fingerprint density at radius 3 is 2.86 bits per heavy atom. The van der Waals surface area contributed by atoms with Gasteiger partial charge in [0.25, 0.3) is 5.91 Å². The lowest BCUT2D eigenvalue weighted by atomic mass is 9.98. The average Bonchev–Trinajstić information content (AvgIpc) is 2.38. The normalized spacial score (nSPS) is 24.4. The zero-order chi connectivity index (χ0) is 10.3. The second-order valence-corrected chi connectivity index (χ2v) is 3.44. The highest BCUT2D eigenvalue weighted by Crippen LogP contribution is 2.37. The van der Waals surface area contributed by atoms with Gasteiger partial charge >= 0.3 is 0 Å². The number of methoxy groups -OCH3 is 1. The van der Waals surface area contributed by atoms with E-state index >= 15 is 0 Å². The van der Waals surface area contributed by atoms with Crippen LogP contribution < -0.4 is 10.1 Å². The van der Waals surface area contributed by atoms with Crippen molar-refractivity contribution < 1.29 is 14.6 Å². The summed E-state index contributed by atoms with van der Waals surface area (Å²) < 4.78 is 5.02. The summed E-state index contributed by atoms with van der Waals surface area (Å²) in [5, 5.41) is 12.5. The molecule has 4 heteroatoms. The fraction of sp³-hybridized carbons (Fsp3) is 0.300. The minimum Gasteiger partial charge on any atom is -0.497 e. The number of carbonyl (C=O) groups is 1. The Labute approximate surface area is 81.5 Å². The summed E-state index contributed by atoms with van der Waals surface area (Å²) in [6, 6.07) is 5.11. The van der Waals surface area contributed by atoms with Crippen LogP contribution in [0.1, 0.15) is 12.5 Å². The van der Waals surface area contributed by atoms with Crippen LogP contribution in [0.4, 0.5) is 5.69 Å². The molecule has 2 rings (SSSR count). The number of fused-ring (bicyclic) bond motifs is 1. The number of hydrogen-bond acceptors (Lipinski definition) is 3. The summed E-state index contributed by atoms with van der Waals surface area (Å²) in [7, 11) is 1.54. The van der Waals surface area contributed by atoms with Crippen molar-refractivity contribution >= 4 is 11.6 Å². The standard InChI is InChI=1S/C10H11NO3/c1-10(13)7-5-6(14-2)3-4-8(7)11-9(10)12/h3-5,13H,1-2H3,(H,11,12)/t10-/m1/s1. The van der Waals surface area contributed by atoms with Crippen molar-refractivity contribution in [3.05, 3.63) is 23.8 Å². The molecule has 0 spiro atoms. The smallest absolute Gasteiger partial charge is 0.260 e. The number of nitrogens with one attached hydrogen (secondary N) is 1. The first-order chi connectivity index (χ1) is 6.55. The van der Waals surface area contributed by atoms with E-state index in [1.807, 2.05) is 0 Å². The maximum atomic E-state index is 11.4. The first-order valence-electron chi connectivity index (χ1n) is 4.28. The number of amides is 1. The fourth-order valence-electron chi connectivity index (χ4n) is 1.53. The lowest BCUT2D eigenvalue weighted by Gasteiger charge is -2.14. The minimum atomic E-state index is -1.45. The summed E-state index contributed by atoms with van der Waals surface area (Å²) in [4.78, 5) is 11.4.